The van der Waals surface area contributed by atoms with Gasteiger partial charge in [0.05, 0.1) is 11.8 Å². The van der Waals surface area contributed by atoms with Crippen molar-refractivity contribution in [3.05, 3.63) is 35.9 Å². The fourth-order valence-corrected chi connectivity index (χ4v) is 2.11. The van der Waals surface area contributed by atoms with E-state index in [0.717, 1.165) is 24.1 Å². The maximum absolute atomic E-state index is 12.1. The van der Waals surface area contributed by atoms with Gasteiger partial charge in [-0.2, -0.15) is 5.26 Å². The van der Waals surface area contributed by atoms with Crippen LogP contribution in [0.25, 0.3) is 0 Å². The van der Waals surface area contributed by atoms with Crippen LogP contribution >= 0.6 is 0 Å². The highest BCUT2D eigenvalue weighted by atomic mass is 16.1. The van der Waals surface area contributed by atoms with Crippen molar-refractivity contribution in [2.45, 2.75) is 12.8 Å². The summed E-state index contributed by atoms with van der Waals surface area (Å²) >= 11 is 0. The number of nitrogens with zero attached hydrogens (tertiary/aromatic N) is 2. The second kappa shape index (κ2) is 3.86. The molecule has 0 unspecified atom stereocenters. The molecule has 1 radical (unpaired) electrons. The second-order valence-electron chi connectivity index (χ2n) is 4.39. The van der Waals surface area contributed by atoms with Crippen LogP contribution in [0.3, 0.4) is 0 Å². The molecule has 1 saturated carbocycles. The van der Waals surface area contributed by atoms with Gasteiger partial charge in [-0.3, -0.25) is 9.80 Å². The minimum absolute atomic E-state index is 0.179. The molecular weight excluding hydrogens is 214 g/mol. The number of benzene rings is 1. The zero-order valence-corrected chi connectivity index (χ0v) is 9.31. The van der Waals surface area contributed by atoms with E-state index in [0.29, 0.717) is 6.04 Å². The van der Waals surface area contributed by atoms with Gasteiger partial charge in [-0.05, 0) is 18.9 Å². The van der Waals surface area contributed by atoms with Crippen LogP contribution in [0.5, 0.6) is 0 Å². The Morgan fingerprint density at radius 3 is 2.94 bits per heavy atom. The van der Waals surface area contributed by atoms with Gasteiger partial charge in [0.15, 0.2) is 11.8 Å². The summed E-state index contributed by atoms with van der Waals surface area (Å²) in [6.07, 6.45) is 1.98. The summed E-state index contributed by atoms with van der Waals surface area (Å²) < 4.78 is 0. The topological polar surface area (TPSA) is 56.1 Å². The largest absolute Gasteiger partial charge is 0.297 e. The number of hydrogen-bond acceptors (Lipinski definition) is 4. The van der Waals surface area contributed by atoms with Crippen LogP contribution in [0.15, 0.2) is 24.3 Å². The maximum Gasteiger partial charge on any atom is 0.165 e. The van der Waals surface area contributed by atoms with Gasteiger partial charge in [-0.25, -0.2) is 5.43 Å². The zero-order valence-electron chi connectivity index (χ0n) is 9.31. The van der Waals surface area contributed by atoms with E-state index in [2.05, 4.69) is 11.5 Å². The van der Waals surface area contributed by atoms with E-state index in [9.17, 15) is 4.79 Å². The maximum atomic E-state index is 12.1. The van der Waals surface area contributed by atoms with Crippen LogP contribution < -0.4 is 10.4 Å². The molecule has 4 nitrogen and oxygen atoms in total. The number of Topliss-reactive ketones (excluding diaryl/α,β-unsaturated/α-hetero) is 1. The van der Waals surface area contributed by atoms with Gasteiger partial charge < -0.3 is 0 Å². The van der Waals surface area contributed by atoms with Crippen molar-refractivity contribution in [1.29, 1.82) is 5.26 Å². The molecule has 0 saturated heterocycles. The summed E-state index contributed by atoms with van der Waals surface area (Å²) in [7, 11) is 0. The van der Waals surface area contributed by atoms with Gasteiger partial charge in [0.2, 0.25) is 0 Å². The zero-order chi connectivity index (χ0) is 11.8. The smallest absolute Gasteiger partial charge is 0.165 e. The standard InChI is InChI=1S/C13H12N3O/c14-7-8-16-11-4-2-1-3-10(11)12(15-16)13(17)9-5-6-9/h1-4,9,15H,5-6,8H2. The molecular formula is C13H12N3O. The average Bonchev–Trinajstić information content (AvgIpc) is 3.13. The van der Waals surface area contributed by atoms with Crippen LogP contribution in [-0.2, 0) is 4.79 Å². The first-order valence-electron chi connectivity index (χ1n) is 5.73. The number of fused-ring (bicyclic) bond motifs is 1. The fourth-order valence-electron chi connectivity index (χ4n) is 2.11. The second-order valence-corrected chi connectivity index (χ2v) is 4.39. The highest BCUT2D eigenvalue weighted by Crippen LogP contribution is 2.39. The van der Waals surface area contributed by atoms with Gasteiger partial charge in [-0.1, -0.05) is 18.2 Å². The van der Waals surface area contributed by atoms with Crippen LogP contribution in [0, 0.1) is 23.3 Å². The summed E-state index contributed by atoms with van der Waals surface area (Å²) in [5, 5.41) is 10.5. The van der Waals surface area contributed by atoms with Gasteiger partial charge in [0.1, 0.15) is 6.54 Å². The predicted octanol–water partition coefficient (Wildman–Crippen LogP) is 1.39. The monoisotopic (exact) mass is 226 g/mol. The van der Waals surface area contributed by atoms with Crippen LogP contribution in [0.1, 0.15) is 18.4 Å². The van der Waals surface area contributed by atoms with Crippen molar-refractivity contribution in [1.82, 2.24) is 5.43 Å². The van der Waals surface area contributed by atoms with Gasteiger partial charge in [0, 0.05) is 11.5 Å². The molecule has 1 aliphatic heterocycles. The molecule has 0 bridgehead atoms. The highest BCUT2D eigenvalue weighted by molar-refractivity contribution is 6.01. The predicted molar refractivity (Wildman–Crippen MR) is 62.6 cm³/mol. The van der Waals surface area contributed by atoms with Crippen molar-refractivity contribution in [3.8, 4) is 6.07 Å². The van der Waals surface area contributed by atoms with E-state index in [1.54, 1.807) is 5.01 Å². The number of ketones is 1. The van der Waals surface area contributed by atoms with E-state index in [1.165, 1.54) is 0 Å². The van der Waals surface area contributed by atoms with E-state index in [4.69, 9.17) is 5.26 Å². The Hall–Kier alpha value is -1.86. The van der Waals surface area contributed by atoms with Crippen molar-refractivity contribution >= 4 is 11.5 Å². The molecule has 1 aromatic rings. The van der Waals surface area contributed by atoms with Crippen LogP contribution in [-0.4, -0.2) is 12.3 Å². The molecule has 1 aromatic carbocycles. The molecule has 1 fully saturated rings. The third-order valence-electron chi connectivity index (χ3n) is 3.13. The molecule has 0 atom stereocenters. The van der Waals surface area contributed by atoms with Crippen molar-refractivity contribution in [3.63, 3.8) is 0 Å². The molecule has 4 heteroatoms. The van der Waals surface area contributed by atoms with E-state index >= 15 is 0 Å². The number of carbonyl (C=O) groups excluding carboxylic acids is 1. The third-order valence-corrected chi connectivity index (χ3v) is 3.13. The van der Waals surface area contributed by atoms with Gasteiger partial charge in [-0.15, -0.1) is 0 Å². The molecule has 0 aromatic heterocycles. The first kappa shape index (κ1) is 10.3. The Kier molecular flexibility index (Phi) is 2.34. The number of rotatable bonds is 3. The number of carbonyl (C=O) groups is 1. The van der Waals surface area contributed by atoms with Crippen molar-refractivity contribution in [2.75, 3.05) is 11.6 Å². The average molecular weight is 226 g/mol. The minimum atomic E-state index is 0.179. The molecule has 85 valence electrons. The van der Waals surface area contributed by atoms with Crippen molar-refractivity contribution in [2.24, 2.45) is 5.92 Å². The van der Waals surface area contributed by atoms with Gasteiger partial charge >= 0.3 is 0 Å². The SMILES string of the molecule is N#CCN1N[C](C(=O)C2CC2)c2ccccc21. The normalized spacial score (nSPS) is 18.9. The fraction of sp³-hybridized carbons (Fsp3) is 0.308. The summed E-state index contributed by atoms with van der Waals surface area (Å²) in [6.45, 7) is 0.235. The first-order chi connectivity index (χ1) is 8.31. The Morgan fingerprint density at radius 2 is 2.24 bits per heavy atom. The number of para-hydroxylation sites is 1. The van der Waals surface area contributed by atoms with Crippen LogP contribution in [0.2, 0.25) is 0 Å². The molecule has 1 aliphatic carbocycles. The molecule has 0 spiro atoms. The Labute approximate surface area is 99.8 Å². The molecule has 0 amide bonds. The third kappa shape index (κ3) is 1.69. The highest BCUT2D eigenvalue weighted by Gasteiger charge is 2.41. The number of nitrogens with one attached hydrogen (secondary N) is 1. The summed E-state index contributed by atoms with van der Waals surface area (Å²) in [5.41, 5.74) is 4.89. The first-order valence-corrected chi connectivity index (χ1v) is 5.73. The van der Waals surface area contributed by atoms with Gasteiger partial charge in [0.25, 0.3) is 0 Å². The summed E-state index contributed by atoms with van der Waals surface area (Å²) in [6, 6.07) is 10.4. The molecule has 1 heterocycles. The molecule has 17 heavy (non-hydrogen) atoms. The minimum Gasteiger partial charge on any atom is -0.297 e. The number of hydrogen-bond donors (Lipinski definition) is 1. The molecule has 3 rings (SSSR count). The quantitative estimate of drug-likeness (QED) is 0.791. The van der Waals surface area contributed by atoms with E-state index in [-0.39, 0.29) is 18.2 Å². The molecule has 2 aliphatic rings. The Morgan fingerprint density at radius 1 is 1.47 bits per heavy atom. The lowest BCUT2D eigenvalue weighted by atomic mass is 10.0. The number of nitriles is 1. The lowest BCUT2D eigenvalue weighted by molar-refractivity contribution is -0.118. The number of hydrazine groups is 1. The van der Waals surface area contributed by atoms with Crippen LogP contribution in [0.4, 0.5) is 5.69 Å². The lowest BCUT2D eigenvalue weighted by Gasteiger charge is -2.15. The van der Waals surface area contributed by atoms with Crippen molar-refractivity contribution < 1.29 is 4.79 Å². The lowest BCUT2D eigenvalue weighted by Crippen LogP contribution is -2.38. The van der Waals surface area contributed by atoms with E-state index in [1.807, 2.05) is 24.3 Å². The molecule has 1 N–H and O–H groups in total. The van der Waals surface area contributed by atoms with E-state index < -0.39 is 0 Å². The Balaban J connectivity index is 1.93. The summed E-state index contributed by atoms with van der Waals surface area (Å²) in [4.78, 5) is 12.1. The Bertz CT molecular complexity index is 502. The number of anilines is 1. The summed E-state index contributed by atoms with van der Waals surface area (Å²) in [5.74, 6) is 0.366.